The number of aromatic nitrogens is 3. The number of amides is 1. The number of halogens is 2. The molecule has 10 heteroatoms. The number of nitrogen functional groups attached to an aromatic ring is 1. The molecule has 1 saturated heterocycles. The van der Waals surface area contributed by atoms with Gasteiger partial charge in [0.1, 0.15) is 29.9 Å². The molecule has 4 rings (SSSR count). The summed E-state index contributed by atoms with van der Waals surface area (Å²) in [5.41, 5.74) is 5.11. The molecule has 8 nitrogen and oxygen atoms in total. The molecule has 3 aromatic rings. The number of nitrogens with zero attached hydrogens (tertiary/aromatic N) is 5. The third-order valence-corrected chi connectivity index (χ3v) is 6.27. The zero-order chi connectivity index (χ0) is 23.6. The first kappa shape index (κ1) is 22.8. The second kappa shape index (κ2) is 9.24. The smallest absolute Gasteiger partial charge is 0.253 e. The average Bonchev–Trinajstić information content (AvgIpc) is 3.31. The molecular formula is C23H26F2N6O2. The summed E-state index contributed by atoms with van der Waals surface area (Å²) in [6.07, 6.45) is 2.76. The number of nitrogens with two attached hydrogens (primary N) is 1. The van der Waals surface area contributed by atoms with E-state index in [0.717, 1.165) is 12.1 Å². The largest absolute Gasteiger partial charge is 0.399 e. The van der Waals surface area contributed by atoms with Gasteiger partial charge in [0.25, 0.3) is 5.91 Å². The third-order valence-electron chi connectivity index (χ3n) is 6.27. The minimum absolute atomic E-state index is 0.0210. The van der Waals surface area contributed by atoms with Gasteiger partial charge in [-0.15, -0.1) is 0 Å². The van der Waals surface area contributed by atoms with Gasteiger partial charge in [-0.3, -0.25) is 9.69 Å². The van der Waals surface area contributed by atoms with Gasteiger partial charge in [0.05, 0.1) is 6.54 Å². The molecule has 0 aliphatic carbocycles. The Morgan fingerprint density at radius 1 is 1.15 bits per heavy atom. The number of rotatable bonds is 6. The summed E-state index contributed by atoms with van der Waals surface area (Å²) >= 11 is 0. The van der Waals surface area contributed by atoms with Gasteiger partial charge in [-0.2, -0.15) is 5.10 Å². The Kier molecular flexibility index (Phi) is 6.39. The zero-order valence-electron chi connectivity index (χ0n) is 18.2. The molecule has 2 heterocycles. The molecule has 174 valence electrons. The Morgan fingerprint density at radius 2 is 1.85 bits per heavy atom. The van der Waals surface area contributed by atoms with Crippen LogP contribution in [0.1, 0.15) is 22.8 Å². The van der Waals surface area contributed by atoms with Crippen LogP contribution in [0.4, 0.5) is 14.5 Å². The van der Waals surface area contributed by atoms with Gasteiger partial charge >= 0.3 is 0 Å². The molecule has 33 heavy (non-hydrogen) atoms. The lowest BCUT2D eigenvalue weighted by molar-refractivity contribution is -0.0719. The molecule has 1 fully saturated rings. The standard InChI is InChI=1S/C23H26F2N6O2/c1-16(29-8-10-30(11-9-29)22(32)17-2-5-19(26)6-3-17)23(33,13-31-15-27-14-28-31)20-7-4-18(24)12-21(20)25/h2-7,12,14-16,33H,8-11,13,26H2,1H3/t16-,23-/m1/s1. The van der Waals surface area contributed by atoms with E-state index >= 15 is 0 Å². The minimum atomic E-state index is -1.71. The highest BCUT2D eigenvalue weighted by Gasteiger charge is 2.43. The van der Waals surface area contributed by atoms with Gasteiger partial charge in [-0.05, 0) is 37.3 Å². The average molecular weight is 456 g/mol. The summed E-state index contributed by atoms with van der Waals surface area (Å²) in [5.74, 6) is -1.65. The van der Waals surface area contributed by atoms with Gasteiger partial charge in [-0.1, -0.05) is 6.07 Å². The summed E-state index contributed by atoms with van der Waals surface area (Å²) in [6, 6.07) is 9.36. The number of benzene rings is 2. The van der Waals surface area contributed by atoms with Crippen LogP contribution in [0.5, 0.6) is 0 Å². The monoisotopic (exact) mass is 456 g/mol. The van der Waals surface area contributed by atoms with Crippen LogP contribution < -0.4 is 5.73 Å². The Bertz CT molecular complexity index is 1100. The number of anilines is 1. The van der Waals surface area contributed by atoms with Crippen molar-refractivity contribution in [1.82, 2.24) is 24.6 Å². The highest BCUT2D eigenvalue weighted by Crippen LogP contribution is 2.33. The highest BCUT2D eigenvalue weighted by atomic mass is 19.1. The predicted molar refractivity (Wildman–Crippen MR) is 118 cm³/mol. The van der Waals surface area contributed by atoms with Crippen molar-refractivity contribution in [2.45, 2.75) is 25.1 Å². The van der Waals surface area contributed by atoms with Crippen LogP contribution in [0, 0.1) is 11.6 Å². The van der Waals surface area contributed by atoms with Crippen LogP contribution in [0.15, 0.2) is 55.1 Å². The van der Waals surface area contributed by atoms with Crippen molar-refractivity contribution >= 4 is 11.6 Å². The van der Waals surface area contributed by atoms with E-state index in [1.165, 1.54) is 23.4 Å². The SMILES string of the molecule is C[C@@H](N1CCN(C(=O)c2ccc(N)cc2)CC1)[C@](O)(Cn1cncn1)c1ccc(F)cc1F. The molecule has 1 amide bonds. The maximum Gasteiger partial charge on any atom is 0.253 e. The van der Waals surface area contributed by atoms with E-state index in [2.05, 4.69) is 10.1 Å². The Balaban J connectivity index is 1.53. The van der Waals surface area contributed by atoms with Crippen LogP contribution in [0.2, 0.25) is 0 Å². The number of hydrogen-bond acceptors (Lipinski definition) is 6. The van der Waals surface area contributed by atoms with Gasteiger partial charge in [0, 0.05) is 55.1 Å². The van der Waals surface area contributed by atoms with Crippen LogP contribution in [0.3, 0.4) is 0 Å². The molecule has 3 N–H and O–H groups in total. The first-order chi connectivity index (χ1) is 15.8. The van der Waals surface area contributed by atoms with Gasteiger partial charge in [-0.25, -0.2) is 18.4 Å². The van der Waals surface area contributed by atoms with Crippen LogP contribution in [-0.4, -0.2) is 67.8 Å². The molecule has 1 aromatic heterocycles. The molecule has 1 aliphatic heterocycles. The zero-order valence-corrected chi connectivity index (χ0v) is 18.2. The number of carbonyl (C=O) groups excluding carboxylic acids is 1. The summed E-state index contributed by atoms with van der Waals surface area (Å²) in [5, 5.41) is 15.8. The summed E-state index contributed by atoms with van der Waals surface area (Å²) in [4.78, 5) is 20.4. The summed E-state index contributed by atoms with van der Waals surface area (Å²) in [6.45, 7) is 3.56. The van der Waals surface area contributed by atoms with Crippen LogP contribution in [0.25, 0.3) is 0 Å². The van der Waals surface area contributed by atoms with E-state index in [1.807, 2.05) is 4.90 Å². The van der Waals surface area contributed by atoms with E-state index in [1.54, 1.807) is 36.1 Å². The first-order valence-electron chi connectivity index (χ1n) is 10.7. The summed E-state index contributed by atoms with van der Waals surface area (Å²) in [7, 11) is 0. The maximum absolute atomic E-state index is 14.8. The highest BCUT2D eigenvalue weighted by molar-refractivity contribution is 5.94. The second-order valence-electron chi connectivity index (χ2n) is 8.27. The topological polar surface area (TPSA) is 101 Å². The van der Waals surface area contributed by atoms with E-state index in [-0.39, 0.29) is 18.0 Å². The fraction of sp³-hybridized carbons (Fsp3) is 0.348. The quantitative estimate of drug-likeness (QED) is 0.550. The normalized spacial score (nSPS) is 17.5. The maximum atomic E-state index is 14.8. The van der Waals surface area contributed by atoms with E-state index < -0.39 is 23.3 Å². The molecule has 1 aliphatic rings. The van der Waals surface area contributed by atoms with Gasteiger partial charge in [0.2, 0.25) is 0 Å². The van der Waals surface area contributed by atoms with E-state index in [4.69, 9.17) is 5.73 Å². The van der Waals surface area contributed by atoms with Crippen molar-refractivity contribution in [3.05, 3.63) is 77.9 Å². The van der Waals surface area contributed by atoms with Crippen molar-refractivity contribution in [1.29, 1.82) is 0 Å². The van der Waals surface area contributed by atoms with Crippen LogP contribution in [-0.2, 0) is 12.1 Å². The number of piperazine rings is 1. The lowest BCUT2D eigenvalue weighted by Crippen LogP contribution is -2.58. The molecule has 2 atom stereocenters. The lowest BCUT2D eigenvalue weighted by atomic mass is 9.85. The second-order valence-corrected chi connectivity index (χ2v) is 8.27. The summed E-state index contributed by atoms with van der Waals surface area (Å²) < 4.78 is 29.7. The van der Waals surface area contributed by atoms with Crippen molar-refractivity contribution in [3.8, 4) is 0 Å². The van der Waals surface area contributed by atoms with Gasteiger partial charge < -0.3 is 15.7 Å². The first-order valence-corrected chi connectivity index (χ1v) is 10.7. The Labute approximate surface area is 190 Å². The van der Waals surface area contributed by atoms with Crippen LogP contribution >= 0.6 is 0 Å². The fourth-order valence-electron chi connectivity index (χ4n) is 4.27. The van der Waals surface area contributed by atoms with E-state index in [0.29, 0.717) is 37.4 Å². The predicted octanol–water partition coefficient (Wildman–Crippen LogP) is 1.87. The number of hydrogen-bond donors (Lipinski definition) is 2. The van der Waals surface area contributed by atoms with E-state index in [9.17, 15) is 18.7 Å². The molecule has 0 bridgehead atoms. The lowest BCUT2D eigenvalue weighted by Gasteiger charge is -2.45. The Hall–Kier alpha value is -3.37. The fourth-order valence-corrected chi connectivity index (χ4v) is 4.27. The van der Waals surface area contributed by atoms with Gasteiger partial charge in [0.15, 0.2) is 0 Å². The molecule has 0 radical (unpaired) electrons. The van der Waals surface area contributed by atoms with Crippen molar-refractivity contribution in [2.75, 3.05) is 31.9 Å². The number of aliphatic hydroxyl groups is 1. The molecule has 0 unspecified atom stereocenters. The molecular weight excluding hydrogens is 430 g/mol. The molecule has 0 spiro atoms. The minimum Gasteiger partial charge on any atom is -0.399 e. The third kappa shape index (κ3) is 4.71. The van der Waals surface area contributed by atoms with Crippen molar-refractivity contribution in [3.63, 3.8) is 0 Å². The van der Waals surface area contributed by atoms with Crippen molar-refractivity contribution in [2.24, 2.45) is 0 Å². The number of carbonyl (C=O) groups is 1. The molecule has 0 saturated carbocycles. The Morgan fingerprint density at radius 3 is 2.45 bits per heavy atom. The molecule has 2 aromatic carbocycles. The van der Waals surface area contributed by atoms with Crippen molar-refractivity contribution < 1.29 is 18.7 Å².